The van der Waals surface area contributed by atoms with E-state index in [-0.39, 0.29) is 11.3 Å². The third-order valence-electron chi connectivity index (χ3n) is 2.82. The van der Waals surface area contributed by atoms with Crippen LogP contribution in [-0.4, -0.2) is 34.5 Å². The number of hydrogen-bond donors (Lipinski definition) is 1. The quantitative estimate of drug-likeness (QED) is 0.362. The molecule has 0 radical (unpaired) electrons. The zero-order valence-corrected chi connectivity index (χ0v) is 10.6. The van der Waals surface area contributed by atoms with Gasteiger partial charge in [-0.2, -0.15) is 0 Å². The number of carbonyl (C=O) groups is 5. The van der Waals surface area contributed by atoms with E-state index in [1.807, 2.05) is 0 Å². The van der Waals surface area contributed by atoms with Gasteiger partial charge in [-0.05, 0) is 24.3 Å². The summed E-state index contributed by atoms with van der Waals surface area (Å²) in [6.45, 7) is 0. The Labute approximate surface area is 118 Å². The molecule has 2 amide bonds. The van der Waals surface area contributed by atoms with Gasteiger partial charge >= 0.3 is 5.97 Å². The van der Waals surface area contributed by atoms with Gasteiger partial charge in [0.1, 0.15) is 0 Å². The summed E-state index contributed by atoms with van der Waals surface area (Å²) in [6.07, 6.45) is 1.53. The molecule has 2 rings (SSSR count). The first-order valence-electron chi connectivity index (χ1n) is 5.85. The molecule has 0 spiro atoms. The first-order valence-corrected chi connectivity index (χ1v) is 5.85. The van der Waals surface area contributed by atoms with Crippen LogP contribution in [0.1, 0.15) is 16.8 Å². The van der Waals surface area contributed by atoms with Crippen molar-refractivity contribution in [3.8, 4) is 0 Å². The standard InChI is InChI=1S/C14H9NO6/c16-10(7-11(17)14(20)21)8-1-3-9(4-2-8)15-12(18)5-6-13(15)19/h1-6H,7H2,(H,20,21). The maximum Gasteiger partial charge on any atom is 0.372 e. The molecule has 1 aromatic rings. The Bertz CT molecular complexity index is 668. The van der Waals surface area contributed by atoms with Crippen LogP contribution in [0, 0.1) is 0 Å². The van der Waals surface area contributed by atoms with Gasteiger partial charge in [0.05, 0.1) is 12.1 Å². The molecule has 1 N–H and O–H groups in total. The van der Waals surface area contributed by atoms with Crippen molar-refractivity contribution in [1.82, 2.24) is 0 Å². The zero-order chi connectivity index (χ0) is 15.6. The van der Waals surface area contributed by atoms with Crippen LogP contribution in [-0.2, 0) is 19.2 Å². The maximum atomic E-state index is 11.7. The smallest absolute Gasteiger partial charge is 0.372 e. The van der Waals surface area contributed by atoms with Crippen molar-refractivity contribution in [3.63, 3.8) is 0 Å². The second-order valence-electron chi connectivity index (χ2n) is 4.22. The van der Waals surface area contributed by atoms with Crippen molar-refractivity contribution in [2.45, 2.75) is 6.42 Å². The highest BCUT2D eigenvalue weighted by molar-refractivity contribution is 6.37. The van der Waals surface area contributed by atoms with Crippen LogP contribution >= 0.6 is 0 Å². The van der Waals surface area contributed by atoms with E-state index >= 15 is 0 Å². The third-order valence-corrected chi connectivity index (χ3v) is 2.82. The Morgan fingerprint density at radius 3 is 1.95 bits per heavy atom. The number of anilines is 1. The molecule has 0 saturated carbocycles. The van der Waals surface area contributed by atoms with Crippen LogP contribution in [0.3, 0.4) is 0 Å². The summed E-state index contributed by atoms with van der Waals surface area (Å²) in [7, 11) is 0. The van der Waals surface area contributed by atoms with Gasteiger partial charge in [-0.1, -0.05) is 0 Å². The van der Waals surface area contributed by atoms with Gasteiger partial charge in [-0.25, -0.2) is 9.69 Å². The Morgan fingerprint density at radius 2 is 1.48 bits per heavy atom. The lowest BCUT2D eigenvalue weighted by Crippen LogP contribution is -2.29. The number of carboxylic acids is 1. The Hall–Kier alpha value is -3.09. The molecule has 0 bridgehead atoms. The molecule has 1 aliphatic heterocycles. The first-order chi connectivity index (χ1) is 9.90. The summed E-state index contributed by atoms with van der Waals surface area (Å²) in [5.41, 5.74) is 0.413. The Balaban J connectivity index is 2.14. The fourth-order valence-corrected chi connectivity index (χ4v) is 1.77. The van der Waals surface area contributed by atoms with Crippen molar-refractivity contribution < 1.29 is 29.1 Å². The van der Waals surface area contributed by atoms with E-state index in [0.717, 1.165) is 17.1 Å². The minimum absolute atomic E-state index is 0.125. The summed E-state index contributed by atoms with van der Waals surface area (Å²) in [4.78, 5) is 56.9. The molecule has 7 heteroatoms. The summed E-state index contributed by atoms with van der Waals surface area (Å²) in [5.74, 6) is -4.48. The lowest BCUT2D eigenvalue weighted by atomic mass is 10.1. The van der Waals surface area contributed by atoms with Gasteiger partial charge in [0, 0.05) is 17.7 Å². The van der Waals surface area contributed by atoms with Gasteiger partial charge in [0.15, 0.2) is 5.78 Å². The van der Waals surface area contributed by atoms with E-state index in [0.29, 0.717) is 0 Å². The van der Waals surface area contributed by atoms with E-state index < -0.39 is 35.8 Å². The minimum atomic E-state index is -1.67. The molecule has 0 aliphatic carbocycles. The second-order valence-corrected chi connectivity index (χ2v) is 4.22. The van der Waals surface area contributed by atoms with Gasteiger partial charge in [0.25, 0.3) is 11.8 Å². The van der Waals surface area contributed by atoms with Crippen LogP contribution in [0.25, 0.3) is 0 Å². The van der Waals surface area contributed by atoms with Crippen molar-refractivity contribution in [2.75, 3.05) is 4.90 Å². The Morgan fingerprint density at radius 1 is 0.952 bits per heavy atom. The second kappa shape index (κ2) is 5.49. The highest BCUT2D eigenvalue weighted by Crippen LogP contribution is 2.20. The highest BCUT2D eigenvalue weighted by atomic mass is 16.4. The lowest BCUT2D eigenvalue weighted by Gasteiger charge is -2.13. The zero-order valence-electron chi connectivity index (χ0n) is 10.6. The summed E-state index contributed by atoms with van der Waals surface area (Å²) < 4.78 is 0. The van der Waals surface area contributed by atoms with Crippen molar-refractivity contribution in [1.29, 1.82) is 0 Å². The molecule has 1 aromatic carbocycles. The molecule has 21 heavy (non-hydrogen) atoms. The fraction of sp³-hybridized carbons (Fsp3) is 0.0714. The molecular weight excluding hydrogens is 278 g/mol. The normalized spacial score (nSPS) is 13.6. The van der Waals surface area contributed by atoms with Gasteiger partial charge < -0.3 is 5.11 Å². The third kappa shape index (κ3) is 2.92. The average Bonchev–Trinajstić information content (AvgIpc) is 2.78. The number of aliphatic carboxylic acids is 1. The van der Waals surface area contributed by atoms with Crippen molar-refractivity contribution in [2.24, 2.45) is 0 Å². The number of amides is 2. The minimum Gasteiger partial charge on any atom is -0.475 e. The summed E-state index contributed by atoms with van der Waals surface area (Å²) in [6, 6.07) is 5.40. The SMILES string of the molecule is O=C(O)C(=O)CC(=O)c1ccc(N2C(=O)C=CC2=O)cc1. The van der Waals surface area contributed by atoms with Crippen LogP contribution in [0.4, 0.5) is 5.69 Å². The Kier molecular flexibility index (Phi) is 3.75. The van der Waals surface area contributed by atoms with Crippen molar-refractivity contribution >= 4 is 35.0 Å². The van der Waals surface area contributed by atoms with Crippen LogP contribution in [0.5, 0.6) is 0 Å². The van der Waals surface area contributed by atoms with E-state index in [4.69, 9.17) is 5.11 Å². The largest absolute Gasteiger partial charge is 0.475 e. The van der Waals surface area contributed by atoms with E-state index in [9.17, 15) is 24.0 Å². The molecule has 0 unspecified atom stereocenters. The van der Waals surface area contributed by atoms with Crippen molar-refractivity contribution in [3.05, 3.63) is 42.0 Å². The number of nitrogens with zero attached hydrogens (tertiary/aromatic N) is 1. The van der Waals surface area contributed by atoms with E-state index in [1.165, 1.54) is 24.3 Å². The number of ketones is 2. The molecule has 0 atom stereocenters. The topological polar surface area (TPSA) is 109 Å². The molecular formula is C14H9NO6. The molecule has 0 aromatic heterocycles. The molecule has 1 aliphatic rings. The van der Waals surface area contributed by atoms with E-state index in [2.05, 4.69) is 0 Å². The number of carbonyl (C=O) groups excluding carboxylic acids is 4. The molecule has 0 saturated heterocycles. The monoisotopic (exact) mass is 287 g/mol. The lowest BCUT2D eigenvalue weighted by molar-refractivity contribution is -0.148. The molecule has 1 heterocycles. The highest BCUT2D eigenvalue weighted by Gasteiger charge is 2.25. The predicted molar refractivity (Wildman–Crippen MR) is 69.7 cm³/mol. The first kappa shape index (κ1) is 14.3. The van der Waals surface area contributed by atoms with Crippen LogP contribution in [0.15, 0.2) is 36.4 Å². The molecule has 7 nitrogen and oxygen atoms in total. The van der Waals surface area contributed by atoms with Gasteiger partial charge in [-0.3, -0.25) is 19.2 Å². The summed E-state index contributed by atoms with van der Waals surface area (Å²) in [5, 5.41) is 8.43. The number of imide groups is 1. The van der Waals surface area contributed by atoms with Crippen LogP contribution < -0.4 is 4.90 Å². The molecule has 0 fully saturated rings. The number of hydrogen-bond acceptors (Lipinski definition) is 5. The van der Waals surface area contributed by atoms with Gasteiger partial charge in [0.2, 0.25) is 5.78 Å². The number of rotatable bonds is 5. The fourth-order valence-electron chi connectivity index (χ4n) is 1.77. The predicted octanol–water partition coefficient (Wildman–Crippen LogP) is 0.342. The number of Topliss-reactive ketones (excluding diaryl/α,β-unsaturated/α-hetero) is 2. The summed E-state index contributed by atoms with van der Waals surface area (Å²) >= 11 is 0. The van der Waals surface area contributed by atoms with Gasteiger partial charge in [-0.15, -0.1) is 0 Å². The van der Waals surface area contributed by atoms with Crippen LogP contribution in [0.2, 0.25) is 0 Å². The molecule has 106 valence electrons. The maximum absolute atomic E-state index is 11.7. The average molecular weight is 287 g/mol. The number of benzene rings is 1. The van der Waals surface area contributed by atoms with E-state index in [1.54, 1.807) is 0 Å². The number of carboxylic acid groups (broad SMARTS) is 1.